The topological polar surface area (TPSA) is 63.3 Å². The molecule has 9 heavy (non-hydrogen) atoms. The Labute approximate surface area is 64.7 Å². The van der Waals surface area contributed by atoms with Crippen LogP contribution in [0.25, 0.3) is 0 Å². The maximum absolute atomic E-state index is 10.7. The van der Waals surface area contributed by atoms with Gasteiger partial charge < -0.3 is 10.8 Å². The Morgan fingerprint density at radius 2 is 2.78 bits per heavy atom. The summed E-state index contributed by atoms with van der Waals surface area (Å²) in [5.41, 5.74) is 4.99. The second kappa shape index (κ2) is 3.45. The predicted molar refractivity (Wildman–Crippen MR) is 35.1 cm³/mol. The number of carbonyl (C=O) groups is 1. The molecule has 0 amide bonds. The second-order valence-corrected chi connectivity index (χ2v) is 1.34. The van der Waals surface area contributed by atoms with Gasteiger partial charge in [-0.15, -0.1) is 0 Å². The highest BCUT2D eigenvalue weighted by molar-refractivity contribution is 5.73. The van der Waals surface area contributed by atoms with E-state index in [1.54, 1.807) is 0 Å². The monoisotopic (exact) mass is 145 g/mol. The number of hydrogen-bond donors (Lipinski definition) is 2. The van der Waals surface area contributed by atoms with Crippen molar-refractivity contribution in [2.45, 2.75) is 26.2 Å². The third kappa shape index (κ3) is 2.46. The van der Waals surface area contributed by atoms with E-state index in [0.29, 0.717) is 6.92 Å². The largest absolute Gasteiger partial charge is 0.480 e. The molecule has 54 valence electrons. The van der Waals surface area contributed by atoms with E-state index >= 15 is 0 Å². The molecule has 0 aromatic rings. The molecule has 0 rings (SSSR count). The molecule has 3 nitrogen and oxygen atoms in total. The van der Waals surface area contributed by atoms with Crippen LogP contribution in [0.2, 0.25) is 0 Å². The molecule has 0 fully saturated rings. The highest BCUT2D eigenvalue weighted by atomic mass is 16.5. The molecule has 3 N–H and O–H groups in total. The van der Waals surface area contributed by atoms with Gasteiger partial charge in [0.25, 0.3) is 0 Å². The van der Waals surface area contributed by atoms with Gasteiger partial charge in [0.05, 0.1) is 1.37 Å². The molecule has 0 aromatic carbocycles. The summed E-state index contributed by atoms with van der Waals surface area (Å²) in [5.74, 6) is -5.34. The van der Waals surface area contributed by atoms with Crippen LogP contribution < -0.4 is 5.73 Å². The van der Waals surface area contributed by atoms with Crippen molar-refractivity contribution in [3.63, 3.8) is 0 Å². The maximum Gasteiger partial charge on any atom is 0.320 e. The summed E-state index contributed by atoms with van der Waals surface area (Å²) in [5, 5.41) is 8.65. The van der Waals surface area contributed by atoms with Gasteiger partial charge >= 0.3 is 5.97 Å². The predicted octanol–water partition coefficient (Wildman–Crippen LogP) is 0.444. The van der Waals surface area contributed by atoms with Gasteiger partial charge in [-0.1, -0.05) is 20.1 Å². The molecule has 0 aliphatic carbocycles. The molecule has 0 aromatic heterocycles. The van der Waals surface area contributed by atoms with Crippen molar-refractivity contribution in [1.29, 1.82) is 0 Å². The van der Waals surface area contributed by atoms with E-state index in [1.165, 1.54) is 0 Å². The van der Waals surface area contributed by atoms with E-state index < -0.39 is 31.1 Å². The van der Waals surface area contributed by atoms with Crippen molar-refractivity contribution in [2.75, 3.05) is 0 Å². The smallest absolute Gasteiger partial charge is 0.320 e. The lowest BCUT2D eigenvalue weighted by atomic mass is 11.0. The van der Waals surface area contributed by atoms with E-state index in [9.17, 15) is 4.79 Å². The highest BCUT2D eigenvalue weighted by Crippen LogP contribution is 2.04. The van der Waals surface area contributed by atoms with Crippen LogP contribution in [-0.2, 0) is 4.79 Å². The fourth-order valence-corrected chi connectivity index (χ4v) is 0.242. The Balaban J connectivity index is 5.91. The quantitative estimate of drug-likeness (QED) is 0.447. The van der Waals surface area contributed by atoms with E-state index in [4.69, 9.17) is 20.4 Å². The molecule has 0 heterocycles. The van der Waals surface area contributed by atoms with Crippen molar-refractivity contribution >= 4 is 5.97 Å². The Bertz CT molecular complexity index is 278. The van der Waals surface area contributed by atoms with Gasteiger partial charge in [-0.05, 0) is 5.89 Å². The van der Waals surface area contributed by atoms with Crippen molar-refractivity contribution in [1.82, 2.24) is 0 Å². The number of nitrogens with two attached hydrogens (primary N) is 1. The molecule has 0 saturated heterocycles. The van der Waals surface area contributed by atoms with Gasteiger partial charge in [0.2, 0.25) is 0 Å². The van der Waals surface area contributed by atoms with Crippen LogP contribution in [0.15, 0.2) is 0 Å². The van der Waals surface area contributed by atoms with Gasteiger partial charge in [0, 0.05) is 8.22 Å². The maximum atomic E-state index is 10.7. The Morgan fingerprint density at radius 3 is 2.89 bits per heavy atom. The average Bonchev–Trinajstić information content (AvgIpc) is 1.97. The first kappa shape index (κ1) is 2.23. The lowest BCUT2D eigenvalue weighted by molar-refractivity contribution is -0.139. The van der Waals surface area contributed by atoms with Gasteiger partial charge in [0.1, 0.15) is 6.02 Å². The summed E-state index contributed by atoms with van der Waals surface area (Å²) < 4.78 is 50.4. The summed E-state index contributed by atoms with van der Waals surface area (Å²) in [7, 11) is 0. The molecule has 0 aliphatic heterocycles. The van der Waals surface area contributed by atoms with Crippen LogP contribution in [0.3, 0.4) is 0 Å². The molecular weight excluding hydrogens is 125 g/mol. The van der Waals surface area contributed by atoms with Crippen LogP contribution in [0.5, 0.6) is 0 Å². The summed E-state index contributed by atoms with van der Waals surface area (Å²) in [6.07, 6.45) is -2.78. The van der Waals surface area contributed by atoms with E-state index in [-0.39, 0.29) is 0 Å². The molecule has 0 bridgehead atoms. The molecular formula is C6H13NO2. The number of carboxylic acids is 1. The zero-order valence-corrected chi connectivity index (χ0v) is 4.93. The number of rotatable bonds is 3. The zero-order chi connectivity index (χ0) is 13.6. The molecule has 2 atom stereocenters. The minimum absolute atomic E-state index is 0.714. The molecule has 0 aliphatic rings. The van der Waals surface area contributed by atoms with Gasteiger partial charge in [-0.3, -0.25) is 4.79 Å². The zero-order valence-electron chi connectivity index (χ0n) is 11.9. The first-order valence-corrected chi connectivity index (χ1v) is 2.22. The molecule has 0 radical (unpaired) electrons. The standard InChI is InChI=1S/C6H13NO2/c1-3-4(2)5(7)6(8)9/h4-5H,3,7H2,1-2H3,(H,8,9)/t4-,5-/m0/s1/i1+1,2+1D3,3+1D2,4+1D,5+1D,6+1,7+1. The number of aliphatic carboxylic acids is 1. The Hall–Kier alpha value is -0.570. The van der Waals surface area contributed by atoms with Crippen LogP contribution in [-0.4, -0.2) is 17.1 Å². The highest BCUT2D eigenvalue weighted by Gasteiger charge is 2.17. The SMILES string of the molecule is [2H][13C]([2H])([2H])[13C@@]([2H])([13C]([2H])([2H])[13CH3])[13C@]([2H])([15NH2])[13C](=O)O. The summed E-state index contributed by atoms with van der Waals surface area (Å²) in [6, 6.07) is -3.28. The van der Waals surface area contributed by atoms with Crippen LogP contribution in [0.1, 0.15) is 29.7 Å². The summed E-state index contributed by atoms with van der Waals surface area (Å²) in [6.45, 7) is -2.63. The fourth-order valence-electron chi connectivity index (χ4n) is 0.242. The first-order chi connectivity index (χ1) is 6.69. The first-order valence-electron chi connectivity index (χ1n) is 5.72. The normalized spacial score (nSPS) is 38.2. The molecule has 0 spiro atoms. The average molecular weight is 145 g/mol. The Morgan fingerprint density at radius 1 is 2.22 bits per heavy atom. The summed E-state index contributed by atoms with van der Waals surface area (Å²) >= 11 is 0. The van der Waals surface area contributed by atoms with E-state index in [1.807, 2.05) is 0 Å². The van der Waals surface area contributed by atoms with Gasteiger partial charge in [-0.25, -0.2) is 0 Å². The van der Waals surface area contributed by atoms with Crippen molar-refractivity contribution in [3.05, 3.63) is 0 Å². The number of carboxylic acid groups (broad SMARTS) is 1. The third-order valence-electron chi connectivity index (χ3n) is 0.750. The molecule has 0 unspecified atom stereocenters. The molecule has 3 heteroatoms. The second-order valence-electron chi connectivity index (χ2n) is 1.34. The number of hydrogen-bond acceptors (Lipinski definition) is 2. The van der Waals surface area contributed by atoms with E-state index in [2.05, 4.69) is 0 Å². The van der Waals surface area contributed by atoms with Crippen LogP contribution >= 0.6 is 0 Å². The van der Waals surface area contributed by atoms with Crippen LogP contribution in [0.4, 0.5) is 0 Å². The minimum atomic E-state index is -3.35. The van der Waals surface area contributed by atoms with Crippen molar-refractivity contribution in [2.24, 2.45) is 11.6 Å². The van der Waals surface area contributed by atoms with Crippen LogP contribution in [0, 0.1) is 5.89 Å². The van der Waals surface area contributed by atoms with E-state index in [0.717, 1.165) is 0 Å². The van der Waals surface area contributed by atoms with Crippen molar-refractivity contribution in [3.8, 4) is 0 Å². The van der Waals surface area contributed by atoms with Gasteiger partial charge in [0.15, 0.2) is 0 Å². The lowest BCUT2D eigenvalue weighted by Gasteiger charge is -2.11. The summed E-state index contributed by atoms with van der Waals surface area (Å²) in [4.78, 5) is 10.7. The minimum Gasteiger partial charge on any atom is -0.480 e. The lowest BCUT2D eigenvalue weighted by Crippen LogP contribution is -2.36. The van der Waals surface area contributed by atoms with Crippen molar-refractivity contribution < 1.29 is 19.5 Å². The Kier molecular flexibility index (Phi) is 0.858. The third-order valence-corrected chi connectivity index (χ3v) is 0.750. The molecule has 0 saturated carbocycles. The van der Waals surface area contributed by atoms with Gasteiger partial charge in [-0.2, -0.15) is 0 Å². The fraction of sp³-hybridized carbons (Fsp3) is 0.833.